The number of halogens is 1. The molecule has 1 aromatic carbocycles. The lowest BCUT2D eigenvalue weighted by Gasteiger charge is -2.08. The number of H-pyrrole nitrogens is 1. The summed E-state index contributed by atoms with van der Waals surface area (Å²) in [4.78, 5) is 13.9. The molecule has 4 heteroatoms. The van der Waals surface area contributed by atoms with Crippen LogP contribution in [0.2, 0.25) is 5.02 Å². The van der Waals surface area contributed by atoms with E-state index in [9.17, 15) is 4.79 Å². The van der Waals surface area contributed by atoms with Gasteiger partial charge in [-0.1, -0.05) is 17.7 Å². The van der Waals surface area contributed by atoms with Gasteiger partial charge in [0.2, 0.25) is 0 Å². The SMILES string of the molecule is Cc1cc(Cl)ccc1-c1cc[nH]c(=O)c1N. The molecule has 0 atom stereocenters. The van der Waals surface area contributed by atoms with Gasteiger partial charge in [0, 0.05) is 16.8 Å². The van der Waals surface area contributed by atoms with E-state index >= 15 is 0 Å². The third-order valence-electron chi connectivity index (χ3n) is 2.48. The molecule has 82 valence electrons. The van der Waals surface area contributed by atoms with Gasteiger partial charge in [-0.25, -0.2) is 0 Å². The molecule has 0 saturated carbocycles. The fourth-order valence-electron chi connectivity index (χ4n) is 1.65. The van der Waals surface area contributed by atoms with Crippen molar-refractivity contribution in [2.45, 2.75) is 6.92 Å². The van der Waals surface area contributed by atoms with Gasteiger partial charge in [-0.2, -0.15) is 0 Å². The van der Waals surface area contributed by atoms with Gasteiger partial charge in [-0.3, -0.25) is 4.79 Å². The Morgan fingerprint density at radius 3 is 2.69 bits per heavy atom. The number of pyridine rings is 1. The van der Waals surface area contributed by atoms with Crippen LogP contribution < -0.4 is 11.3 Å². The van der Waals surface area contributed by atoms with Crippen LogP contribution in [0.1, 0.15) is 5.56 Å². The highest BCUT2D eigenvalue weighted by atomic mass is 35.5. The molecule has 16 heavy (non-hydrogen) atoms. The van der Waals surface area contributed by atoms with Crippen molar-refractivity contribution in [3.8, 4) is 11.1 Å². The lowest BCUT2D eigenvalue weighted by atomic mass is 10.0. The maximum Gasteiger partial charge on any atom is 0.271 e. The van der Waals surface area contributed by atoms with E-state index in [1.54, 1.807) is 18.3 Å². The molecule has 2 rings (SSSR count). The Kier molecular flexibility index (Phi) is 2.71. The number of anilines is 1. The number of hydrogen-bond donors (Lipinski definition) is 2. The Balaban J connectivity index is 2.68. The minimum Gasteiger partial charge on any atom is -0.394 e. The van der Waals surface area contributed by atoms with Gasteiger partial charge in [0.05, 0.1) is 0 Å². The molecule has 0 bridgehead atoms. The van der Waals surface area contributed by atoms with E-state index in [0.29, 0.717) is 5.02 Å². The first kappa shape index (κ1) is 10.8. The summed E-state index contributed by atoms with van der Waals surface area (Å²) in [6, 6.07) is 7.28. The van der Waals surface area contributed by atoms with Crippen molar-refractivity contribution in [1.82, 2.24) is 4.98 Å². The number of aromatic nitrogens is 1. The minimum atomic E-state index is -0.271. The van der Waals surface area contributed by atoms with E-state index < -0.39 is 0 Å². The predicted octanol–water partition coefficient (Wildman–Crippen LogP) is 2.59. The molecule has 0 aliphatic heterocycles. The van der Waals surface area contributed by atoms with Crippen LogP contribution in [0.15, 0.2) is 35.3 Å². The highest BCUT2D eigenvalue weighted by Gasteiger charge is 2.08. The standard InChI is InChI=1S/C12H11ClN2O/c1-7-6-8(13)2-3-9(7)10-4-5-15-12(16)11(10)14/h2-6H,14H2,1H3,(H,15,16). The molecule has 0 radical (unpaired) electrons. The van der Waals surface area contributed by atoms with E-state index in [-0.39, 0.29) is 11.2 Å². The van der Waals surface area contributed by atoms with Crippen LogP contribution >= 0.6 is 11.6 Å². The van der Waals surface area contributed by atoms with Crippen LogP contribution in [0.3, 0.4) is 0 Å². The third-order valence-corrected chi connectivity index (χ3v) is 2.71. The topological polar surface area (TPSA) is 58.9 Å². The Labute approximate surface area is 97.9 Å². The molecule has 1 aromatic heterocycles. The molecule has 1 heterocycles. The first-order valence-electron chi connectivity index (χ1n) is 4.83. The zero-order valence-corrected chi connectivity index (χ0v) is 9.51. The zero-order chi connectivity index (χ0) is 11.7. The Hall–Kier alpha value is -1.74. The number of nitrogens with one attached hydrogen (secondary N) is 1. The summed E-state index contributed by atoms with van der Waals surface area (Å²) in [7, 11) is 0. The molecule has 0 fully saturated rings. The van der Waals surface area contributed by atoms with Gasteiger partial charge in [-0.15, -0.1) is 0 Å². The minimum absolute atomic E-state index is 0.230. The lowest BCUT2D eigenvalue weighted by molar-refractivity contribution is 1.24. The van der Waals surface area contributed by atoms with E-state index in [2.05, 4.69) is 4.98 Å². The van der Waals surface area contributed by atoms with Crippen molar-refractivity contribution in [3.05, 3.63) is 51.4 Å². The van der Waals surface area contributed by atoms with Crippen molar-refractivity contribution >= 4 is 17.3 Å². The van der Waals surface area contributed by atoms with Crippen LogP contribution in [-0.2, 0) is 0 Å². The average molecular weight is 235 g/mol. The quantitative estimate of drug-likeness (QED) is 0.797. The number of aryl methyl sites for hydroxylation is 1. The summed E-state index contributed by atoms with van der Waals surface area (Å²) in [6.45, 7) is 1.93. The first-order chi connectivity index (χ1) is 7.59. The van der Waals surface area contributed by atoms with E-state index in [1.165, 1.54) is 0 Å². The largest absolute Gasteiger partial charge is 0.394 e. The van der Waals surface area contributed by atoms with Crippen LogP contribution in [0.5, 0.6) is 0 Å². The van der Waals surface area contributed by atoms with Gasteiger partial charge in [0.25, 0.3) is 5.56 Å². The molecule has 2 aromatic rings. The normalized spacial score (nSPS) is 10.4. The maximum atomic E-state index is 11.4. The van der Waals surface area contributed by atoms with Gasteiger partial charge in [0.15, 0.2) is 0 Å². The third kappa shape index (κ3) is 1.82. The van der Waals surface area contributed by atoms with Crippen molar-refractivity contribution in [2.24, 2.45) is 0 Å². The molecule has 0 spiro atoms. The second kappa shape index (κ2) is 4.02. The highest BCUT2D eigenvalue weighted by Crippen LogP contribution is 2.27. The molecule has 0 unspecified atom stereocenters. The second-order valence-electron chi connectivity index (χ2n) is 3.59. The van der Waals surface area contributed by atoms with Gasteiger partial charge >= 0.3 is 0 Å². The Bertz CT molecular complexity index is 590. The maximum absolute atomic E-state index is 11.4. The monoisotopic (exact) mass is 234 g/mol. The van der Waals surface area contributed by atoms with Crippen LogP contribution in [0.4, 0.5) is 5.69 Å². The summed E-state index contributed by atoms with van der Waals surface area (Å²) < 4.78 is 0. The molecule has 0 amide bonds. The average Bonchev–Trinajstić information content (AvgIpc) is 2.23. The van der Waals surface area contributed by atoms with E-state index in [0.717, 1.165) is 16.7 Å². The smallest absolute Gasteiger partial charge is 0.271 e. The van der Waals surface area contributed by atoms with Gasteiger partial charge in [0.1, 0.15) is 5.69 Å². The molecule has 0 aliphatic rings. The Morgan fingerprint density at radius 1 is 1.25 bits per heavy atom. The number of nitrogen functional groups attached to an aromatic ring is 1. The van der Waals surface area contributed by atoms with E-state index in [1.807, 2.05) is 19.1 Å². The summed E-state index contributed by atoms with van der Waals surface area (Å²) in [6.07, 6.45) is 1.59. The fourth-order valence-corrected chi connectivity index (χ4v) is 1.88. The zero-order valence-electron chi connectivity index (χ0n) is 8.75. The van der Waals surface area contributed by atoms with Crippen LogP contribution in [-0.4, -0.2) is 4.98 Å². The fraction of sp³-hybridized carbons (Fsp3) is 0.0833. The summed E-state index contributed by atoms with van der Waals surface area (Å²) in [5.74, 6) is 0. The van der Waals surface area contributed by atoms with E-state index in [4.69, 9.17) is 17.3 Å². The first-order valence-corrected chi connectivity index (χ1v) is 5.21. The van der Waals surface area contributed by atoms with Crippen molar-refractivity contribution in [3.63, 3.8) is 0 Å². The lowest BCUT2D eigenvalue weighted by Crippen LogP contribution is -2.12. The number of nitrogens with two attached hydrogens (primary N) is 1. The number of aromatic amines is 1. The summed E-state index contributed by atoms with van der Waals surface area (Å²) >= 11 is 5.88. The number of benzene rings is 1. The number of hydrogen-bond acceptors (Lipinski definition) is 2. The van der Waals surface area contributed by atoms with Gasteiger partial charge < -0.3 is 10.7 Å². The predicted molar refractivity (Wildman–Crippen MR) is 66.7 cm³/mol. The summed E-state index contributed by atoms with van der Waals surface area (Å²) in [5.41, 5.74) is 8.35. The highest BCUT2D eigenvalue weighted by molar-refractivity contribution is 6.30. The molecule has 0 saturated heterocycles. The van der Waals surface area contributed by atoms with Crippen molar-refractivity contribution < 1.29 is 0 Å². The molecule has 3 nitrogen and oxygen atoms in total. The number of rotatable bonds is 1. The molecular formula is C12H11ClN2O. The van der Waals surface area contributed by atoms with Crippen molar-refractivity contribution in [1.29, 1.82) is 0 Å². The van der Waals surface area contributed by atoms with Crippen molar-refractivity contribution in [2.75, 3.05) is 5.73 Å². The summed E-state index contributed by atoms with van der Waals surface area (Å²) in [5, 5.41) is 0.671. The molecule has 3 N–H and O–H groups in total. The molecular weight excluding hydrogens is 224 g/mol. The van der Waals surface area contributed by atoms with Gasteiger partial charge in [-0.05, 0) is 36.2 Å². The van der Waals surface area contributed by atoms with Crippen LogP contribution in [0, 0.1) is 6.92 Å². The molecule has 0 aliphatic carbocycles. The van der Waals surface area contributed by atoms with Crippen LogP contribution in [0.25, 0.3) is 11.1 Å². The second-order valence-corrected chi connectivity index (χ2v) is 4.03. The Morgan fingerprint density at radius 2 is 2.00 bits per heavy atom.